The lowest BCUT2D eigenvalue weighted by Crippen LogP contribution is -2.42. The molecule has 7 nitrogen and oxygen atoms in total. The van der Waals surface area contributed by atoms with E-state index in [1.165, 1.54) is 6.20 Å². The van der Waals surface area contributed by atoms with Gasteiger partial charge in [0.05, 0.1) is 18.1 Å². The highest BCUT2D eigenvalue weighted by Gasteiger charge is 2.39. The third-order valence-corrected chi connectivity index (χ3v) is 6.91. The second-order valence-electron chi connectivity index (χ2n) is 4.68. The van der Waals surface area contributed by atoms with Gasteiger partial charge in [0.1, 0.15) is 4.90 Å². The largest absolute Gasteiger partial charge is 0.366 e. The number of hydrogen-bond acceptors (Lipinski definition) is 5. The van der Waals surface area contributed by atoms with Crippen LogP contribution in [0.15, 0.2) is 28.2 Å². The van der Waals surface area contributed by atoms with Crippen molar-refractivity contribution in [1.82, 2.24) is 9.29 Å². The van der Waals surface area contributed by atoms with E-state index in [0.717, 1.165) is 16.6 Å². The van der Waals surface area contributed by atoms with Crippen LogP contribution in [-0.2, 0) is 19.9 Å². The van der Waals surface area contributed by atoms with Gasteiger partial charge >= 0.3 is 0 Å². The quantitative estimate of drug-likeness (QED) is 0.727. The van der Waals surface area contributed by atoms with Crippen LogP contribution in [0.5, 0.6) is 0 Å². The lowest BCUT2D eigenvalue weighted by atomic mass is 10.3. The van der Waals surface area contributed by atoms with Crippen LogP contribution in [0.25, 0.3) is 0 Å². The van der Waals surface area contributed by atoms with E-state index in [4.69, 9.17) is 6.42 Å². The molecule has 1 fully saturated rings. The van der Waals surface area contributed by atoms with Crippen molar-refractivity contribution in [3.05, 3.63) is 28.7 Å². The van der Waals surface area contributed by atoms with Gasteiger partial charge in [-0.15, -0.1) is 6.42 Å². The highest BCUT2D eigenvalue weighted by atomic mass is 32.2. The molecule has 1 atom stereocenters. The lowest BCUT2D eigenvalue weighted by molar-refractivity contribution is 0.371. The van der Waals surface area contributed by atoms with Crippen molar-refractivity contribution in [2.75, 3.05) is 18.1 Å². The number of terminal acetylenes is 1. The Bertz CT molecular complexity index is 833. The molecule has 2 rings (SSSR count). The fourth-order valence-corrected chi connectivity index (χ4v) is 5.67. The van der Waals surface area contributed by atoms with Gasteiger partial charge in [0.25, 0.3) is 0 Å². The van der Waals surface area contributed by atoms with Crippen LogP contribution in [0.4, 0.5) is 0 Å². The summed E-state index contributed by atoms with van der Waals surface area (Å²) in [6.45, 7) is -0.281. The maximum Gasteiger partial charge on any atom is 0.249 e. The number of sulfone groups is 1. The van der Waals surface area contributed by atoms with E-state index < -0.39 is 36.2 Å². The van der Waals surface area contributed by atoms with Gasteiger partial charge in [0.2, 0.25) is 15.5 Å². The molecular formula is C12H14N2O5S2. The van der Waals surface area contributed by atoms with Crippen molar-refractivity contribution >= 4 is 19.9 Å². The first kappa shape index (κ1) is 15.8. The minimum atomic E-state index is -4.14. The first-order chi connectivity index (χ1) is 9.78. The Morgan fingerprint density at radius 3 is 2.71 bits per heavy atom. The van der Waals surface area contributed by atoms with Crippen molar-refractivity contribution < 1.29 is 16.8 Å². The second-order valence-corrected chi connectivity index (χ2v) is 8.77. The number of hydrogen-bond donors (Lipinski definition) is 1. The summed E-state index contributed by atoms with van der Waals surface area (Å²) < 4.78 is 49.1. The Kier molecular flexibility index (Phi) is 4.22. The van der Waals surface area contributed by atoms with Crippen molar-refractivity contribution in [3.8, 4) is 12.3 Å². The van der Waals surface area contributed by atoms with E-state index in [-0.39, 0.29) is 24.5 Å². The van der Waals surface area contributed by atoms with Crippen LogP contribution in [0.3, 0.4) is 0 Å². The summed E-state index contributed by atoms with van der Waals surface area (Å²) >= 11 is 0. The second kappa shape index (κ2) is 5.63. The molecule has 0 radical (unpaired) electrons. The zero-order valence-corrected chi connectivity index (χ0v) is 12.7. The van der Waals surface area contributed by atoms with Crippen molar-refractivity contribution in [2.24, 2.45) is 0 Å². The SMILES string of the molecule is C#CCN(C1CCS(=O)(=O)C1)S(=O)(=O)c1c[nH]ccc1=O. The van der Waals surface area contributed by atoms with Crippen molar-refractivity contribution in [1.29, 1.82) is 0 Å². The number of pyridine rings is 1. The molecule has 0 saturated carbocycles. The summed E-state index contributed by atoms with van der Waals surface area (Å²) in [5, 5.41) is 0. The molecule has 9 heteroatoms. The third-order valence-electron chi connectivity index (χ3n) is 3.24. The highest BCUT2D eigenvalue weighted by Crippen LogP contribution is 2.23. The minimum absolute atomic E-state index is 0.0839. The fraction of sp³-hybridized carbons (Fsp3) is 0.417. The Hall–Kier alpha value is -1.63. The molecule has 1 saturated heterocycles. The van der Waals surface area contributed by atoms with Crippen LogP contribution in [0.1, 0.15) is 6.42 Å². The predicted molar refractivity (Wildman–Crippen MR) is 76.8 cm³/mol. The Morgan fingerprint density at radius 2 is 2.19 bits per heavy atom. The zero-order chi connectivity index (χ0) is 15.7. The first-order valence-electron chi connectivity index (χ1n) is 6.11. The highest BCUT2D eigenvalue weighted by molar-refractivity contribution is 7.92. The van der Waals surface area contributed by atoms with E-state index in [2.05, 4.69) is 10.9 Å². The Balaban J connectivity index is 2.46. The van der Waals surface area contributed by atoms with Gasteiger partial charge in [-0.05, 0) is 6.42 Å². The van der Waals surface area contributed by atoms with E-state index in [9.17, 15) is 21.6 Å². The van der Waals surface area contributed by atoms with Gasteiger partial charge in [-0.25, -0.2) is 16.8 Å². The number of nitrogens with one attached hydrogen (secondary N) is 1. The average molecular weight is 330 g/mol. The molecule has 1 N–H and O–H groups in total. The maximum atomic E-state index is 12.6. The molecular weight excluding hydrogens is 316 g/mol. The summed E-state index contributed by atoms with van der Waals surface area (Å²) in [4.78, 5) is 13.8. The summed E-state index contributed by atoms with van der Waals surface area (Å²) in [5.41, 5.74) is -0.670. The number of H-pyrrole nitrogens is 1. The topological polar surface area (TPSA) is 104 Å². The van der Waals surface area contributed by atoms with Crippen LogP contribution < -0.4 is 5.43 Å². The molecule has 114 valence electrons. The summed E-state index contributed by atoms with van der Waals surface area (Å²) in [6.07, 6.45) is 7.75. The summed E-state index contributed by atoms with van der Waals surface area (Å²) in [6, 6.07) is 0.349. The molecule has 1 aliphatic heterocycles. The molecule has 1 unspecified atom stereocenters. The zero-order valence-electron chi connectivity index (χ0n) is 11.0. The monoisotopic (exact) mass is 330 g/mol. The number of aromatic nitrogens is 1. The lowest BCUT2D eigenvalue weighted by Gasteiger charge is -2.24. The molecule has 0 spiro atoms. The molecule has 1 aromatic heterocycles. The number of rotatable bonds is 4. The molecule has 21 heavy (non-hydrogen) atoms. The number of nitrogens with zero attached hydrogens (tertiary/aromatic N) is 1. The summed E-state index contributed by atoms with van der Waals surface area (Å²) in [7, 11) is -7.42. The van der Waals surface area contributed by atoms with Crippen LogP contribution in [0, 0.1) is 12.3 Å². The van der Waals surface area contributed by atoms with Gasteiger partial charge in [-0.2, -0.15) is 4.31 Å². The number of sulfonamides is 1. The van der Waals surface area contributed by atoms with E-state index >= 15 is 0 Å². The molecule has 0 aliphatic carbocycles. The molecule has 0 amide bonds. The van der Waals surface area contributed by atoms with Gasteiger partial charge < -0.3 is 4.98 Å². The van der Waals surface area contributed by atoms with Crippen molar-refractivity contribution in [2.45, 2.75) is 17.4 Å². The van der Waals surface area contributed by atoms with E-state index in [1.807, 2.05) is 0 Å². The third kappa shape index (κ3) is 3.18. The van der Waals surface area contributed by atoms with Crippen LogP contribution in [-0.4, -0.2) is 50.2 Å². The van der Waals surface area contributed by atoms with E-state index in [1.54, 1.807) is 0 Å². The standard InChI is InChI=1S/C12H14N2O5S2/c1-2-6-14(10-4-7-20(16,17)9-10)21(18,19)12-8-13-5-3-11(12)15/h1,3,5,8,10H,4,6-7,9H2,(H,13,15). The maximum absolute atomic E-state index is 12.6. The Morgan fingerprint density at radius 1 is 1.48 bits per heavy atom. The fourth-order valence-electron chi connectivity index (χ4n) is 2.23. The van der Waals surface area contributed by atoms with E-state index in [0.29, 0.717) is 0 Å². The molecule has 0 aromatic carbocycles. The van der Waals surface area contributed by atoms with Gasteiger partial charge in [0, 0.05) is 24.5 Å². The molecule has 0 bridgehead atoms. The first-order valence-corrected chi connectivity index (χ1v) is 9.37. The normalized spacial score (nSPS) is 21.2. The van der Waals surface area contributed by atoms with Gasteiger partial charge in [-0.1, -0.05) is 5.92 Å². The minimum Gasteiger partial charge on any atom is -0.366 e. The van der Waals surface area contributed by atoms with Gasteiger partial charge in [0.15, 0.2) is 9.84 Å². The average Bonchev–Trinajstić information content (AvgIpc) is 2.76. The summed E-state index contributed by atoms with van der Waals surface area (Å²) in [5.74, 6) is 1.84. The molecule has 1 aliphatic rings. The van der Waals surface area contributed by atoms with Crippen LogP contribution in [0.2, 0.25) is 0 Å². The van der Waals surface area contributed by atoms with Gasteiger partial charge in [-0.3, -0.25) is 4.79 Å². The smallest absolute Gasteiger partial charge is 0.249 e. The molecule has 1 aromatic rings. The predicted octanol–water partition coefficient (Wildman–Crippen LogP) is -0.814. The molecule has 2 heterocycles. The van der Waals surface area contributed by atoms with Crippen molar-refractivity contribution in [3.63, 3.8) is 0 Å². The number of aromatic amines is 1. The van der Waals surface area contributed by atoms with Crippen LogP contribution >= 0.6 is 0 Å². The Labute approximate surface area is 123 Å².